The molecule has 1 heterocycles. The van der Waals surface area contributed by atoms with Crippen LogP contribution >= 0.6 is 0 Å². The Morgan fingerprint density at radius 3 is 2.67 bits per heavy atom. The Morgan fingerprint density at radius 2 is 2.00 bits per heavy atom. The van der Waals surface area contributed by atoms with Crippen LogP contribution in [0.5, 0.6) is 11.5 Å². The van der Waals surface area contributed by atoms with E-state index in [1.165, 1.54) is 18.7 Å². The molecule has 0 spiro atoms. The van der Waals surface area contributed by atoms with Gasteiger partial charge in [0.2, 0.25) is 5.75 Å². The number of Topliss-reactive ketones (excluding diaryl/α,β-unsaturated/α-hetero) is 1. The highest BCUT2D eigenvalue weighted by Gasteiger charge is 2.24. The number of nitro benzene ring substituents is 1. The highest BCUT2D eigenvalue weighted by Crippen LogP contribution is 2.39. The number of ether oxygens (including phenoxy) is 2. The predicted octanol–water partition coefficient (Wildman–Crippen LogP) is 4.25. The van der Waals surface area contributed by atoms with Crippen LogP contribution in [0.15, 0.2) is 48.0 Å². The van der Waals surface area contributed by atoms with Gasteiger partial charge in [0.1, 0.15) is 0 Å². The Labute approximate surface area is 176 Å². The van der Waals surface area contributed by atoms with Crippen LogP contribution in [0.2, 0.25) is 0 Å². The number of ketones is 1. The van der Waals surface area contributed by atoms with Crippen molar-refractivity contribution in [2.45, 2.75) is 26.3 Å². The minimum atomic E-state index is -0.486. The van der Waals surface area contributed by atoms with Gasteiger partial charge < -0.3 is 9.47 Å². The normalized spacial score (nSPS) is 15.9. The second-order valence-corrected chi connectivity index (χ2v) is 7.22. The average Bonchev–Trinajstić information content (AvgIpc) is 2.75. The average molecular weight is 410 g/mol. The van der Waals surface area contributed by atoms with Gasteiger partial charge in [0, 0.05) is 37.7 Å². The van der Waals surface area contributed by atoms with E-state index >= 15 is 0 Å². The van der Waals surface area contributed by atoms with Crippen LogP contribution in [0.25, 0.3) is 6.08 Å². The monoisotopic (exact) mass is 410 g/mol. The maximum atomic E-state index is 12.5. The number of nitrogens with zero attached hydrogens (tertiary/aromatic N) is 2. The molecule has 0 N–H and O–H groups in total. The van der Waals surface area contributed by atoms with Crippen molar-refractivity contribution in [3.05, 3.63) is 69.3 Å². The molecule has 1 aliphatic rings. The third-order valence-electron chi connectivity index (χ3n) is 4.92. The first kappa shape index (κ1) is 21.5. The summed E-state index contributed by atoms with van der Waals surface area (Å²) in [5.41, 5.74) is 2.20. The fraction of sp³-hybridized carbons (Fsp3) is 0.348. The first-order valence-corrected chi connectivity index (χ1v) is 10.0. The first-order chi connectivity index (χ1) is 14.5. The maximum Gasteiger partial charge on any atom is 0.315 e. The SMILES string of the molecule is CCCOc1c(OC)cc(/C=C2\CN(Cc3ccccc3)CCC2=O)cc1[N+](=O)[O-]. The number of methoxy groups -OCH3 is 1. The first-order valence-electron chi connectivity index (χ1n) is 10.0. The summed E-state index contributed by atoms with van der Waals surface area (Å²) >= 11 is 0. The van der Waals surface area contributed by atoms with Crippen LogP contribution in [0.1, 0.15) is 30.9 Å². The standard InChI is InChI=1S/C23H26N2O5/c1-3-11-30-23-20(25(27)28)13-18(14-22(23)29-2)12-19-16-24(10-9-21(19)26)15-17-7-5-4-6-8-17/h4-8,12-14H,3,9-11,15-16H2,1-2H3/b19-12+. The zero-order valence-corrected chi connectivity index (χ0v) is 17.3. The second kappa shape index (κ2) is 10.0. The quantitative estimate of drug-likeness (QED) is 0.368. The van der Waals surface area contributed by atoms with Gasteiger partial charge in [-0.05, 0) is 29.7 Å². The molecule has 0 radical (unpaired) electrons. The fourth-order valence-corrected chi connectivity index (χ4v) is 3.46. The van der Waals surface area contributed by atoms with Gasteiger partial charge in [0.25, 0.3) is 0 Å². The minimum Gasteiger partial charge on any atom is -0.493 e. The summed E-state index contributed by atoms with van der Waals surface area (Å²) in [6, 6.07) is 13.2. The molecule has 0 aromatic heterocycles. The number of carbonyl (C=O) groups is 1. The van der Waals surface area contributed by atoms with Crippen LogP contribution < -0.4 is 9.47 Å². The van der Waals surface area contributed by atoms with E-state index in [0.717, 1.165) is 13.0 Å². The lowest BCUT2D eigenvalue weighted by Gasteiger charge is -2.28. The van der Waals surface area contributed by atoms with E-state index in [2.05, 4.69) is 17.0 Å². The number of benzene rings is 2. The largest absolute Gasteiger partial charge is 0.493 e. The topological polar surface area (TPSA) is 81.9 Å². The number of hydrogen-bond acceptors (Lipinski definition) is 6. The van der Waals surface area contributed by atoms with Crippen molar-refractivity contribution >= 4 is 17.5 Å². The molecule has 0 bridgehead atoms. The molecule has 0 amide bonds. The molecular formula is C23H26N2O5. The molecule has 0 unspecified atom stereocenters. The van der Waals surface area contributed by atoms with Crippen LogP contribution in [-0.2, 0) is 11.3 Å². The molecule has 2 aromatic rings. The lowest BCUT2D eigenvalue weighted by Crippen LogP contribution is -2.35. The zero-order chi connectivity index (χ0) is 21.5. The molecule has 1 saturated heterocycles. The van der Waals surface area contributed by atoms with Gasteiger partial charge >= 0.3 is 5.69 Å². The summed E-state index contributed by atoms with van der Waals surface area (Å²) in [5, 5.41) is 11.6. The molecule has 0 saturated carbocycles. The summed E-state index contributed by atoms with van der Waals surface area (Å²) in [7, 11) is 1.45. The van der Waals surface area contributed by atoms with Crippen LogP contribution in [0.4, 0.5) is 5.69 Å². The maximum absolute atomic E-state index is 12.5. The number of rotatable bonds is 8. The van der Waals surface area contributed by atoms with Gasteiger partial charge in [0.15, 0.2) is 11.5 Å². The van der Waals surface area contributed by atoms with E-state index in [-0.39, 0.29) is 23.0 Å². The number of piperidine rings is 1. The summed E-state index contributed by atoms with van der Waals surface area (Å²) in [6.07, 6.45) is 2.87. The summed E-state index contributed by atoms with van der Waals surface area (Å²) < 4.78 is 10.9. The zero-order valence-electron chi connectivity index (χ0n) is 17.3. The summed E-state index contributed by atoms with van der Waals surface area (Å²) in [4.78, 5) is 25.8. The third-order valence-corrected chi connectivity index (χ3v) is 4.92. The van der Waals surface area contributed by atoms with Gasteiger partial charge in [-0.1, -0.05) is 37.3 Å². The molecule has 30 heavy (non-hydrogen) atoms. The van der Waals surface area contributed by atoms with E-state index in [4.69, 9.17) is 9.47 Å². The lowest BCUT2D eigenvalue weighted by atomic mass is 9.99. The Hall–Kier alpha value is -3.19. The van der Waals surface area contributed by atoms with E-state index in [1.807, 2.05) is 25.1 Å². The van der Waals surface area contributed by atoms with Crippen LogP contribution in [-0.4, -0.2) is 42.4 Å². The molecule has 7 nitrogen and oxygen atoms in total. The number of nitro groups is 1. The van der Waals surface area contributed by atoms with Crippen molar-refractivity contribution in [2.75, 3.05) is 26.8 Å². The minimum absolute atomic E-state index is 0.0623. The molecule has 7 heteroatoms. The summed E-state index contributed by atoms with van der Waals surface area (Å²) in [6.45, 7) is 4.21. The van der Waals surface area contributed by atoms with Crippen molar-refractivity contribution in [3.63, 3.8) is 0 Å². The van der Waals surface area contributed by atoms with Crippen molar-refractivity contribution in [1.29, 1.82) is 0 Å². The van der Waals surface area contributed by atoms with Crippen molar-refractivity contribution in [3.8, 4) is 11.5 Å². The molecule has 1 fully saturated rings. The molecule has 0 aliphatic carbocycles. The molecule has 2 aromatic carbocycles. The Balaban J connectivity index is 1.88. The summed E-state index contributed by atoms with van der Waals surface area (Å²) in [5.74, 6) is 0.466. The van der Waals surface area contributed by atoms with Gasteiger partial charge in [-0.25, -0.2) is 0 Å². The van der Waals surface area contributed by atoms with E-state index in [0.29, 0.717) is 37.3 Å². The van der Waals surface area contributed by atoms with Crippen LogP contribution in [0, 0.1) is 10.1 Å². The Morgan fingerprint density at radius 1 is 1.23 bits per heavy atom. The molecule has 0 atom stereocenters. The van der Waals surface area contributed by atoms with E-state index < -0.39 is 4.92 Å². The predicted molar refractivity (Wildman–Crippen MR) is 115 cm³/mol. The smallest absolute Gasteiger partial charge is 0.315 e. The van der Waals surface area contributed by atoms with Gasteiger partial charge in [-0.3, -0.25) is 19.8 Å². The molecule has 3 rings (SSSR count). The van der Waals surface area contributed by atoms with E-state index in [1.54, 1.807) is 12.1 Å². The van der Waals surface area contributed by atoms with Crippen molar-refractivity contribution < 1.29 is 19.2 Å². The van der Waals surface area contributed by atoms with Crippen molar-refractivity contribution in [2.24, 2.45) is 0 Å². The van der Waals surface area contributed by atoms with Crippen LogP contribution in [0.3, 0.4) is 0 Å². The van der Waals surface area contributed by atoms with Gasteiger partial charge in [0.05, 0.1) is 18.6 Å². The Bertz CT molecular complexity index is 940. The highest BCUT2D eigenvalue weighted by molar-refractivity contribution is 6.00. The van der Waals surface area contributed by atoms with Gasteiger partial charge in [-0.2, -0.15) is 0 Å². The molecular weight excluding hydrogens is 384 g/mol. The lowest BCUT2D eigenvalue weighted by molar-refractivity contribution is -0.386. The molecule has 1 aliphatic heterocycles. The third kappa shape index (κ3) is 5.24. The molecule has 158 valence electrons. The number of likely N-dealkylation sites (tertiary alicyclic amines) is 1. The van der Waals surface area contributed by atoms with Gasteiger partial charge in [-0.15, -0.1) is 0 Å². The number of hydrogen-bond donors (Lipinski definition) is 0. The fourth-order valence-electron chi connectivity index (χ4n) is 3.46. The second-order valence-electron chi connectivity index (χ2n) is 7.22. The number of carbonyl (C=O) groups excluding carboxylic acids is 1. The van der Waals surface area contributed by atoms with Crippen molar-refractivity contribution in [1.82, 2.24) is 4.90 Å². The Kier molecular flexibility index (Phi) is 7.19. The van der Waals surface area contributed by atoms with E-state index in [9.17, 15) is 14.9 Å². The highest BCUT2D eigenvalue weighted by atomic mass is 16.6.